The monoisotopic (exact) mass is 305 g/mol. The number of nitrogens with zero attached hydrogens (tertiary/aromatic N) is 1. The predicted molar refractivity (Wildman–Crippen MR) is 95.4 cm³/mol. The van der Waals surface area contributed by atoms with Gasteiger partial charge in [-0.1, -0.05) is 36.4 Å². The molecule has 0 fully saturated rings. The number of benzene rings is 3. The van der Waals surface area contributed by atoms with Gasteiger partial charge in [-0.05, 0) is 47.5 Å². The van der Waals surface area contributed by atoms with Gasteiger partial charge < -0.3 is 5.73 Å². The summed E-state index contributed by atoms with van der Waals surface area (Å²) in [5, 5.41) is 4.02. The minimum Gasteiger partial charge on any atom is -0.399 e. The molecule has 3 N–H and O–H groups in total. The van der Waals surface area contributed by atoms with Crippen molar-refractivity contribution in [2.75, 3.05) is 17.8 Å². The molecular formula is C19H19N3O. The smallest absolute Gasteiger partial charge is 0.270 e. The summed E-state index contributed by atoms with van der Waals surface area (Å²) in [6.07, 6.45) is 0. The van der Waals surface area contributed by atoms with Crippen LogP contribution in [0.25, 0.3) is 10.8 Å². The van der Waals surface area contributed by atoms with E-state index >= 15 is 0 Å². The third-order valence-electron chi connectivity index (χ3n) is 3.90. The van der Waals surface area contributed by atoms with Crippen molar-refractivity contribution in [2.45, 2.75) is 6.92 Å². The zero-order valence-corrected chi connectivity index (χ0v) is 13.2. The van der Waals surface area contributed by atoms with Gasteiger partial charge in [0, 0.05) is 18.3 Å². The zero-order chi connectivity index (χ0) is 16.4. The quantitative estimate of drug-likeness (QED) is 0.575. The first-order valence-corrected chi connectivity index (χ1v) is 7.44. The van der Waals surface area contributed by atoms with Gasteiger partial charge >= 0.3 is 0 Å². The number of fused-ring (bicyclic) bond motifs is 1. The van der Waals surface area contributed by atoms with Crippen molar-refractivity contribution in [3.05, 3.63) is 71.8 Å². The van der Waals surface area contributed by atoms with Crippen LogP contribution >= 0.6 is 0 Å². The van der Waals surface area contributed by atoms with E-state index < -0.39 is 0 Å². The van der Waals surface area contributed by atoms with Crippen LogP contribution < -0.4 is 16.2 Å². The molecule has 0 atom stereocenters. The molecule has 0 unspecified atom stereocenters. The van der Waals surface area contributed by atoms with Crippen molar-refractivity contribution in [3.8, 4) is 0 Å². The molecule has 0 aliphatic rings. The largest absolute Gasteiger partial charge is 0.399 e. The summed E-state index contributed by atoms with van der Waals surface area (Å²) >= 11 is 0. The molecule has 1 amide bonds. The summed E-state index contributed by atoms with van der Waals surface area (Å²) in [5.41, 5.74) is 11.6. The Hall–Kier alpha value is -3.01. The maximum atomic E-state index is 12.5. The lowest BCUT2D eigenvalue weighted by molar-refractivity contribution is 0.0951. The van der Waals surface area contributed by atoms with Crippen LogP contribution in [0.5, 0.6) is 0 Å². The van der Waals surface area contributed by atoms with Crippen LogP contribution in [0.15, 0.2) is 60.7 Å². The number of rotatable bonds is 3. The summed E-state index contributed by atoms with van der Waals surface area (Å²) in [6.45, 7) is 1.89. The molecule has 3 aromatic rings. The molecule has 0 aliphatic carbocycles. The van der Waals surface area contributed by atoms with Crippen LogP contribution in [-0.4, -0.2) is 13.0 Å². The van der Waals surface area contributed by atoms with Gasteiger partial charge in [-0.3, -0.25) is 15.2 Å². The van der Waals surface area contributed by atoms with E-state index in [9.17, 15) is 4.79 Å². The highest BCUT2D eigenvalue weighted by Crippen LogP contribution is 2.21. The van der Waals surface area contributed by atoms with Crippen LogP contribution in [0.4, 0.5) is 11.4 Å². The number of carbonyl (C=O) groups is 1. The molecular weight excluding hydrogens is 286 g/mol. The molecule has 3 rings (SSSR count). The first-order valence-electron chi connectivity index (χ1n) is 7.44. The summed E-state index contributed by atoms with van der Waals surface area (Å²) < 4.78 is 0. The summed E-state index contributed by atoms with van der Waals surface area (Å²) in [4.78, 5) is 12.5. The van der Waals surface area contributed by atoms with E-state index in [1.165, 1.54) is 5.39 Å². The first-order chi connectivity index (χ1) is 11.0. The van der Waals surface area contributed by atoms with Gasteiger partial charge in [-0.15, -0.1) is 0 Å². The molecule has 0 spiro atoms. The fourth-order valence-corrected chi connectivity index (χ4v) is 2.55. The molecule has 0 bridgehead atoms. The topological polar surface area (TPSA) is 58.4 Å². The highest BCUT2D eigenvalue weighted by Gasteiger charge is 2.12. The normalized spacial score (nSPS) is 10.5. The average Bonchev–Trinajstić information content (AvgIpc) is 2.56. The molecule has 3 aromatic carbocycles. The number of hydrogen-bond acceptors (Lipinski definition) is 3. The van der Waals surface area contributed by atoms with E-state index in [4.69, 9.17) is 5.73 Å². The van der Waals surface area contributed by atoms with Gasteiger partial charge in [-0.2, -0.15) is 0 Å². The fourth-order valence-electron chi connectivity index (χ4n) is 2.55. The predicted octanol–water partition coefficient (Wildman–Crippen LogP) is 3.51. The third kappa shape index (κ3) is 3.11. The van der Waals surface area contributed by atoms with Gasteiger partial charge in [0.15, 0.2) is 0 Å². The van der Waals surface area contributed by atoms with Crippen LogP contribution in [0.1, 0.15) is 15.9 Å². The second kappa shape index (κ2) is 6.01. The minimum atomic E-state index is -0.176. The second-order valence-electron chi connectivity index (χ2n) is 5.61. The lowest BCUT2D eigenvalue weighted by Crippen LogP contribution is -2.39. The van der Waals surface area contributed by atoms with Crippen molar-refractivity contribution in [2.24, 2.45) is 0 Å². The molecule has 0 saturated heterocycles. The number of carbonyl (C=O) groups excluding carboxylic acids is 1. The van der Waals surface area contributed by atoms with Crippen molar-refractivity contribution in [1.29, 1.82) is 0 Å². The number of nitrogens with two attached hydrogens (primary N) is 1. The van der Waals surface area contributed by atoms with Crippen molar-refractivity contribution in [3.63, 3.8) is 0 Å². The molecule has 4 heteroatoms. The van der Waals surface area contributed by atoms with Gasteiger partial charge in [0.2, 0.25) is 0 Å². The van der Waals surface area contributed by atoms with E-state index in [-0.39, 0.29) is 5.91 Å². The maximum Gasteiger partial charge on any atom is 0.270 e. The third-order valence-corrected chi connectivity index (χ3v) is 3.90. The SMILES string of the molecule is Cc1ccc(N)cc1C(=O)NN(C)c1ccc2ccccc2c1. The Morgan fingerprint density at radius 1 is 1.00 bits per heavy atom. The standard InChI is InChI=1S/C19H19N3O/c1-13-7-9-16(20)12-18(13)19(23)21-22(2)17-10-8-14-5-3-4-6-15(14)11-17/h3-12H,20H2,1-2H3,(H,21,23). The molecule has 0 radical (unpaired) electrons. The molecule has 0 aromatic heterocycles. The lowest BCUT2D eigenvalue weighted by Gasteiger charge is -2.21. The van der Waals surface area contributed by atoms with Gasteiger partial charge in [0.25, 0.3) is 5.91 Å². The van der Waals surface area contributed by atoms with E-state index in [0.717, 1.165) is 16.6 Å². The Kier molecular flexibility index (Phi) is 3.89. The van der Waals surface area contributed by atoms with Crippen LogP contribution in [-0.2, 0) is 0 Å². The van der Waals surface area contributed by atoms with E-state index in [0.29, 0.717) is 11.3 Å². The van der Waals surface area contributed by atoms with Crippen molar-refractivity contribution < 1.29 is 4.79 Å². The molecule has 4 nitrogen and oxygen atoms in total. The van der Waals surface area contributed by atoms with E-state index in [2.05, 4.69) is 17.6 Å². The highest BCUT2D eigenvalue weighted by atomic mass is 16.2. The number of anilines is 2. The average molecular weight is 305 g/mol. The number of nitrogens with one attached hydrogen (secondary N) is 1. The van der Waals surface area contributed by atoms with Crippen LogP contribution in [0.2, 0.25) is 0 Å². The number of amides is 1. The van der Waals surface area contributed by atoms with Gasteiger partial charge in [0.05, 0.1) is 5.69 Å². The molecule has 0 saturated carbocycles. The molecule has 23 heavy (non-hydrogen) atoms. The lowest BCUT2D eigenvalue weighted by atomic mass is 10.1. The first kappa shape index (κ1) is 14.9. The zero-order valence-electron chi connectivity index (χ0n) is 13.2. The van der Waals surface area contributed by atoms with E-state index in [1.54, 1.807) is 17.1 Å². The number of nitrogen functional groups attached to an aromatic ring is 1. The van der Waals surface area contributed by atoms with Gasteiger partial charge in [0.1, 0.15) is 0 Å². The Morgan fingerprint density at radius 3 is 2.52 bits per heavy atom. The summed E-state index contributed by atoms with van der Waals surface area (Å²) in [7, 11) is 1.82. The highest BCUT2D eigenvalue weighted by molar-refractivity contribution is 5.97. The van der Waals surface area contributed by atoms with Gasteiger partial charge in [-0.25, -0.2) is 0 Å². The molecule has 0 aliphatic heterocycles. The fraction of sp³-hybridized carbons (Fsp3) is 0.105. The summed E-state index contributed by atoms with van der Waals surface area (Å²) in [6, 6.07) is 19.5. The van der Waals surface area contributed by atoms with Crippen molar-refractivity contribution >= 4 is 28.1 Å². The Bertz CT molecular complexity index is 873. The maximum absolute atomic E-state index is 12.5. The summed E-state index contributed by atoms with van der Waals surface area (Å²) in [5.74, 6) is -0.176. The Balaban J connectivity index is 1.83. The Morgan fingerprint density at radius 2 is 1.74 bits per heavy atom. The number of hydrogen-bond donors (Lipinski definition) is 2. The second-order valence-corrected chi connectivity index (χ2v) is 5.61. The Labute approximate surface area is 135 Å². The molecule has 0 heterocycles. The molecule has 116 valence electrons. The van der Waals surface area contributed by atoms with Crippen LogP contribution in [0.3, 0.4) is 0 Å². The number of hydrazine groups is 1. The van der Waals surface area contributed by atoms with Crippen LogP contribution in [0, 0.1) is 6.92 Å². The number of aryl methyl sites for hydroxylation is 1. The van der Waals surface area contributed by atoms with Crippen molar-refractivity contribution in [1.82, 2.24) is 5.43 Å². The minimum absolute atomic E-state index is 0.176. The van der Waals surface area contributed by atoms with E-state index in [1.807, 2.05) is 50.4 Å².